The molecule has 1 fully saturated rings. The molecule has 208 valence electrons. The van der Waals surface area contributed by atoms with E-state index in [9.17, 15) is 21.6 Å². The Hall–Kier alpha value is -3.29. The molecule has 0 radical (unpaired) electrons. The molecule has 3 aromatic rings. The van der Waals surface area contributed by atoms with Crippen LogP contribution in [0.15, 0.2) is 88.7 Å². The third kappa shape index (κ3) is 7.43. The number of nitrogens with zero attached hydrogens (tertiary/aromatic N) is 2. The zero-order chi connectivity index (χ0) is 28.0. The molecule has 1 aliphatic rings. The molecule has 1 heterocycles. The predicted octanol–water partition coefficient (Wildman–Crippen LogP) is 2.68. The van der Waals surface area contributed by atoms with Crippen LogP contribution in [0.25, 0.3) is 0 Å². The minimum absolute atomic E-state index is 0.0775. The molecule has 4 rings (SSSR count). The number of nitrogens with one attached hydrogen (secondary N) is 2. The van der Waals surface area contributed by atoms with Crippen LogP contribution < -0.4 is 14.8 Å². The molecule has 0 spiro atoms. The van der Waals surface area contributed by atoms with Crippen molar-refractivity contribution in [2.75, 3.05) is 45.2 Å². The monoisotopic (exact) mass is 572 g/mol. The molecule has 39 heavy (non-hydrogen) atoms. The first kappa shape index (κ1) is 28.7. The van der Waals surface area contributed by atoms with Crippen molar-refractivity contribution in [2.24, 2.45) is 0 Å². The topological polar surface area (TPSA) is 125 Å². The Balaban J connectivity index is 1.28. The van der Waals surface area contributed by atoms with Crippen molar-refractivity contribution in [1.82, 2.24) is 13.9 Å². The summed E-state index contributed by atoms with van der Waals surface area (Å²) in [5.74, 6) is -0.117. The summed E-state index contributed by atoms with van der Waals surface area (Å²) < 4.78 is 60.7. The average Bonchev–Trinajstić information content (AvgIpc) is 2.93. The molecule has 1 aliphatic heterocycles. The van der Waals surface area contributed by atoms with Gasteiger partial charge in [0.05, 0.1) is 9.79 Å². The van der Waals surface area contributed by atoms with Crippen LogP contribution in [0.5, 0.6) is 5.75 Å². The van der Waals surface area contributed by atoms with Gasteiger partial charge in [-0.05, 0) is 68.1 Å². The largest absolute Gasteiger partial charge is 0.484 e. The number of hydrogen-bond donors (Lipinski definition) is 2. The van der Waals surface area contributed by atoms with Crippen LogP contribution in [0.4, 0.5) is 5.69 Å². The third-order valence-corrected chi connectivity index (χ3v) is 9.84. The van der Waals surface area contributed by atoms with Crippen molar-refractivity contribution in [3.8, 4) is 5.75 Å². The average molecular weight is 573 g/mol. The Morgan fingerprint density at radius 2 is 1.44 bits per heavy atom. The lowest BCUT2D eigenvalue weighted by molar-refractivity contribution is -0.118. The lowest BCUT2D eigenvalue weighted by Crippen LogP contribution is -2.46. The molecular weight excluding hydrogens is 540 g/mol. The lowest BCUT2D eigenvalue weighted by Gasteiger charge is -2.31. The number of amides is 1. The zero-order valence-corrected chi connectivity index (χ0v) is 23.4. The molecule has 1 saturated heterocycles. The minimum Gasteiger partial charge on any atom is -0.484 e. The fourth-order valence-corrected chi connectivity index (χ4v) is 6.71. The number of carbonyl (C=O) groups is 1. The molecule has 0 aromatic heterocycles. The van der Waals surface area contributed by atoms with Crippen molar-refractivity contribution >= 4 is 31.6 Å². The van der Waals surface area contributed by atoms with Gasteiger partial charge in [-0.2, -0.15) is 4.31 Å². The molecule has 12 heteroatoms. The molecule has 3 aromatic carbocycles. The first-order valence-electron chi connectivity index (χ1n) is 12.4. The van der Waals surface area contributed by atoms with Gasteiger partial charge in [0.15, 0.2) is 6.61 Å². The fraction of sp³-hybridized carbons (Fsp3) is 0.296. The number of likely N-dealkylation sites (N-methyl/N-ethyl adjacent to an activating group) is 1. The smallest absolute Gasteiger partial charge is 0.262 e. The number of benzene rings is 3. The van der Waals surface area contributed by atoms with E-state index < -0.39 is 32.0 Å². The maximum absolute atomic E-state index is 12.8. The predicted molar refractivity (Wildman–Crippen MR) is 148 cm³/mol. The lowest BCUT2D eigenvalue weighted by atomic mass is 10.1. The number of ether oxygens (including phenoxy) is 1. The number of rotatable bonds is 10. The van der Waals surface area contributed by atoms with Crippen molar-refractivity contribution in [3.63, 3.8) is 0 Å². The van der Waals surface area contributed by atoms with Crippen LogP contribution in [-0.2, 0) is 24.8 Å². The Morgan fingerprint density at radius 3 is 2.05 bits per heavy atom. The molecule has 1 atom stereocenters. The Bertz CT molecular complexity index is 1470. The van der Waals surface area contributed by atoms with Gasteiger partial charge in [-0.3, -0.25) is 4.79 Å². The highest BCUT2D eigenvalue weighted by atomic mass is 32.2. The number of sulfonamides is 2. The minimum atomic E-state index is -3.75. The van der Waals surface area contributed by atoms with Gasteiger partial charge >= 0.3 is 0 Å². The standard InChI is InChI=1S/C27H32N4O6S2/c1-21(22-6-4-3-5-7-22)29-38(33,34)25-14-10-24(11-15-25)37-20-27(32)28-23-8-12-26(13-9-23)39(35,36)31-18-16-30(2)17-19-31/h3-15,21,29H,16-20H2,1-2H3,(H,28,32)/t21-/m0/s1. The normalized spacial score (nSPS) is 15.9. The summed E-state index contributed by atoms with van der Waals surface area (Å²) in [6, 6.07) is 20.6. The van der Waals surface area contributed by atoms with Gasteiger partial charge in [-0.25, -0.2) is 21.6 Å². The SMILES string of the molecule is C[C@H](NS(=O)(=O)c1ccc(OCC(=O)Nc2ccc(S(=O)(=O)N3CCN(C)CC3)cc2)cc1)c1ccccc1. The summed E-state index contributed by atoms with van der Waals surface area (Å²) in [7, 11) is -5.39. The molecule has 0 unspecified atom stereocenters. The van der Waals surface area contributed by atoms with E-state index in [0.29, 0.717) is 37.6 Å². The zero-order valence-electron chi connectivity index (χ0n) is 21.8. The van der Waals surface area contributed by atoms with E-state index in [2.05, 4.69) is 14.9 Å². The van der Waals surface area contributed by atoms with Gasteiger partial charge in [0.2, 0.25) is 20.0 Å². The maximum Gasteiger partial charge on any atom is 0.262 e. The Morgan fingerprint density at radius 1 is 0.846 bits per heavy atom. The van der Waals surface area contributed by atoms with Gasteiger partial charge in [0.1, 0.15) is 5.75 Å². The number of carbonyl (C=O) groups excluding carboxylic acids is 1. The summed E-state index contributed by atoms with van der Waals surface area (Å²) in [4.78, 5) is 14.7. The van der Waals surface area contributed by atoms with E-state index in [-0.39, 0.29) is 16.4 Å². The quantitative estimate of drug-likeness (QED) is 0.383. The van der Waals surface area contributed by atoms with E-state index in [4.69, 9.17) is 4.74 Å². The first-order valence-corrected chi connectivity index (χ1v) is 15.4. The second-order valence-corrected chi connectivity index (χ2v) is 12.9. The van der Waals surface area contributed by atoms with Crippen LogP contribution in [0.1, 0.15) is 18.5 Å². The van der Waals surface area contributed by atoms with Gasteiger partial charge < -0.3 is 15.0 Å². The summed E-state index contributed by atoms with van der Waals surface area (Å²) in [6.07, 6.45) is 0. The van der Waals surface area contributed by atoms with Crippen LogP contribution in [-0.4, -0.2) is 71.8 Å². The Kier molecular flexibility index (Phi) is 9.03. The van der Waals surface area contributed by atoms with Gasteiger partial charge in [-0.1, -0.05) is 30.3 Å². The molecule has 0 saturated carbocycles. The number of hydrogen-bond acceptors (Lipinski definition) is 7. The number of anilines is 1. The molecule has 10 nitrogen and oxygen atoms in total. The first-order chi connectivity index (χ1) is 18.5. The van der Waals surface area contributed by atoms with Crippen molar-refractivity contribution in [1.29, 1.82) is 0 Å². The van der Waals surface area contributed by atoms with Crippen molar-refractivity contribution in [2.45, 2.75) is 22.8 Å². The third-order valence-electron chi connectivity index (χ3n) is 6.37. The summed E-state index contributed by atoms with van der Waals surface area (Å²) in [5, 5.41) is 2.66. The van der Waals surface area contributed by atoms with Crippen molar-refractivity contribution in [3.05, 3.63) is 84.4 Å². The second kappa shape index (κ2) is 12.3. The van der Waals surface area contributed by atoms with E-state index in [1.54, 1.807) is 6.92 Å². The summed E-state index contributed by atoms with van der Waals surface area (Å²) in [5.41, 5.74) is 1.28. The second-order valence-electron chi connectivity index (χ2n) is 9.29. The highest BCUT2D eigenvalue weighted by Crippen LogP contribution is 2.21. The molecule has 0 aliphatic carbocycles. The maximum atomic E-state index is 12.8. The van der Waals surface area contributed by atoms with E-state index >= 15 is 0 Å². The Labute approximate surface area is 229 Å². The van der Waals surface area contributed by atoms with Gasteiger partial charge in [0.25, 0.3) is 5.91 Å². The highest BCUT2D eigenvalue weighted by molar-refractivity contribution is 7.89. The van der Waals surface area contributed by atoms with Crippen LogP contribution in [0.3, 0.4) is 0 Å². The van der Waals surface area contributed by atoms with Crippen LogP contribution >= 0.6 is 0 Å². The fourth-order valence-electron chi connectivity index (χ4n) is 4.06. The molecular formula is C27H32N4O6S2. The summed E-state index contributed by atoms with van der Waals surface area (Å²) >= 11 is 0. The molecule has 2 N–H and O–H groups in total. The van der Waals surface area contributed by atoms with E-state index in [0.717, 1.165) is 5.56 Å². The number of piperazine rings is 1. The van der Waals surface area contributed by atoms with Gasteiger partial charge in [0, 0.05) is 37.9 Å². The summed E-state index contributed by atoms with van der Waals surface area (Å²) in [6.45, 7) is 3.68. The van der Waals surface area contributed by atoms with E-state index in [1.165, 1.54) is 52.8 Å². The highest BCUT2D eigenvalue weighted by Gasteiger charge is 2.27. The van der Waals surface area contributed by atoms with Crippen molar-refractivity contribution < 1.29 is 26.4 Å². The van der Waals surface area contributed by atoms with E-state index in [1.807, 2.05) is 37.4 Å². The van der Waals surface area contributed by atoms with Crippen LogP contribution in [0.2, 0.25) is 0 Å². The molecule has 0 bridgehead atoms. The molecule has 1 amide bonds. The van der Waals surface area contributed by atoms with Crippen LogP contribution in [0, 0.1) is 0 Å². The van der Waals surface area contributed by atoms with Gasteiger partial charge in [-0.15, -0.1) is 0 Å².